The van der Waals surface area contributed by atoms with Crippen LogP contribution in [0.5, 0.6) is 5.75 Å². The van der Waals surface area contributed by atoms with Crippen LogP contribution in [-0.4, -0.2) is 66.5 Å². The number of halogens is 2. The molecule has 1 aliphatic heterocycles. The van der Waals surface area contributed by atoms with Crippen LogP contribution in [0.3, 0.4) is 0 Å². The lowest BCUT2D eigenvalue weighted by Crippen LogP contribution is -2.41. The Kier molecular flexibility index (Phi) is 11.2. The zero-order valence-corrected chi connectivity index (χ0v) is 23.6. The molecule has 36 heavy (non-hydrogen) atoms. The number of hydrogen-bond donors (Lipinski definition) is 1. The maximum atomic E-state index is 10.3. The number of benzene rings is 1. The first-order chi connectivity index (χ1) is 16.6. The fraction of sp³-hybridized carbons (Fsp3) is 0.750. The van der Waals surface area contributed by atoms with Gasteiger partial charge in [0.25, 0.3) is 0 Å². The third kappa shape index (κ3) is 7.50. The molecule has 1 aromatic carbocycles. The second-order valence-corrected chi connectivity index (χ2v) is 11.4. The number of aliphatic hydroxyl groups is 1. The van der Waals surface area contributed by atoms with Crippen LogP contribution >= 0.6 is 24.8 Å². The average molecular weight is 543 g/mol. The van der Waals surface area contributed by atoms with Crippen molar-refractivity contribution >= 4 is 35.8 Å². The minimum Gasteiger partial charge on any atom is -0.493 e. The smallest absolute Gasteiger partial charge is 0.175 e. The van der Waals surface area contributed by atoms with Crippen molar-refractivity contribution in [1.29, 1.82) is 0 Å². The number of hydrogen-bond acceptors (Lipinski definition) is 6. The fourth-order valence-electron chi connectivity index (χ4n) is 5.90. The maximum Gasteiger partial charge on any atom is 0.175 e. The molecule has 204 valence electrons. The quantitative estimate of drug-likeness (QED) is 0.415. The summed E-state index contributed by atoms with van der Waals surface area (Å²) in [6.45, 7) is 5.03. The van der Waals surface area contributed by atoms with Crippen molar-refractivity contribution in [2.24, 2.45) is 17.8 Å². The van der Waals surface area contributed by atoms with Crippen molar-refractivity contribution in [3.8, 4) is 5.75 Å². The molecule has 0 spiro atoms. The van der Waals surface area contributed by atoms with E-state index in [2.05, 4.69) is 41.2 Å². The summed E-state index contributed by atoms with van der Waals surface area (Å²) in [5, 5.41) is 16.0. The van der Waals surface area contributed by atoms with Crippen LogP contribution in [0.2, 0.25) is 0 Å². The number of rotatable bonds is 10. The summed E-state index contributed by atoms with van der Waals surface area (Å²) in [6, 6.07) is 4.28. The van der Waals surface area contributed by atoms with Crippen molar-refractivity contribution in [2.45, 2.75) is 76.9 Å². The molecule has 0 bridgehead atoms. The number of nitrogens with zero attached hydrogens (tertiary/aromatic N) is 3. The Labute approximate surface area is 228 Å². The Balaban J connectivity index is 0.00000180. The number of piperidine rings is 1. The van der Waals surface area contributed by atoms with Gasteiger partial charge < -0.3 is 24.2 Å². The van der Waals surface area contributed by atoms with Crippen LogP contribution in [-0.2, 0) is 13.0 Å². The first-order valence-electron chi connectivity index (χ1n) is 13.6. The lowest BCUT2D eigenvalue weighted by atomic mass is 9.85. The highest BCUT2D eigenvalue weighted by molar-refractivity contribution is 5.86. The van der Waals surface area contributed by atoms with Crippen LogP contribution in [0, 0.1) is 17.8 Å². The number of fused-ring (bicyclic) bond motifs is 1. The molecule has 0 unspecified atom stereocenters. The minimum atomic E-state index is -0.0797. The number of ether oxygens (including phenoxy) is 1. The van der Waals surface area contributed by atoms with Crippen molar-refractivity contribution in [1.82, 2.24) is 15.0 Å². The zero-order chi connectivity index (χ0) is 23.5. The van der Waals surface area contributed by atoms with Gasteiger partial charge >= 0.3 is 0 Å². The van der Waals surface area contributed by atoms with Gasteiger partial charge in [0.05, 0.1) is 24.0 Å². The molecule has 0 radical (unpaired) electrons. The average Bonchev–Trinajstić information content (AvgIpc) is 3.57. The van der Waals surface area contributed by atoms with Crippen LogP contribution in [0.15, 0.2) is 16.7 Å². The second kappa shape index (κ2) is 13.7. The topological polar surface area (TPSA) is 62.0 Å². The van der Waals surface area contributed by atoms with Crippen molar-refractivity contribution < 1.29 is 14.4 Å². The highest BCUT2D eigenvalue weighted by Gasteiger charge is 2.28. The molecule has 1 saturated heterocycles. The zero-order valence-electron chi connectivity index (χ0n) is 22.0. The van der Waals surface area contributed by atoms with Gasteiger partial charge in [0.2, 0.25) is 0 Å². The monoisotopic (exact) mass is 541 g/mol. The molecule has 1 N–H and O–H groups in total. The molecule has 2 aliphatic carbocycles. The lowest BCUT2D eigenvalue weighted by Gasteiger charge is -2.37. The van der Waals surface area contributed by atoms with Crippen LogP contribution in [0.25, 0.3) is 11.0 Å². The molecule has 3 aliphatic rings. The molecule has 6 nitrogen and oxygen atoms in total. The first kappa shape index (κ1) is 29.5. The summed E-state index contributed by atoms with van der Waals surface area (Å²) >= 11 is 0. The SMILES string of the molecule is CN(C)Cc1c(OCC2CC2)ccc2c(CCC3CCN(C[C@H]4CCCC[C@@H]4O)CC3)noc12.Cl.Cl. The van der Waals surface area contributed by atoms with Crippen molar-refractivity contribution in [2.75, 3.05) is 40.3 Å². The standard InChI is InChI=1S/C28H43N3O3.2ClH/c1-30(2)18-24-27(33-19-21-7-8-21)12-10-23-25(29-34-28(23)24)11-9-20-13-15-31(16-14-20)17-22-5-3-4-6-26(22)32;;/h10,12,20-22,26,32H,3-9,11,13-19H2,1-2H3;2*1H/t22-,26+;;/m1../s1. The van der Waals surface area contributed by atoms with E-state index < -0.39 is 0 Å². The molecular formula is C28H45Cl2N3O3. The Bertz CT molecular complexity index is 942. The van der Waals surface area contributed by atoms with Crippen molar-refractivity contribution in [3.63, 3.8) is 0 Å². The highest BCUT2D eigenvalue weighted by atomic mass is 35.5. The predicted octanol–water partition coefficient (Wildman–Crippen LogP) is 5.72. The van der Waals surface area contributed by atoms with Gasteiger partial charge in [-0.05, 0) is 108 Å². The predicted molar refractivity (Wildman–Crippen MR) is 150 cm³/mol. The largest absolute Gasteiger partial charge is 0.493 e. The lowest BCUT2D eigenvalue weighted by molar-refractivity contribution is 0.0380. The summed E-state index contributed by atoms with van der Waals surface area (Å²) in [5.74, 6) is 2.92. The summed E-state index contributed by atoms with van der Waals surface area (Å²) < 4.78 is 12.1. The van der Waals surface area contributed by atoms with Gasteiger partial charge in [0.1, 0.15) is 5.75 Å². The Morgan fingerprint density at radius 1 is 1.03 bits per heavy atom. The summed E-state index contributed by atoms with van der Waals surface area (Å²) in [4.78, 5) is 4.76. The van der Waals surface area contributed by atoms with Crippen LogP contribution < -0.4 is 4.74 Å². The molecule has 0 amide bonds. The van der Waals surface area contributed by atoms with E-state index in [1.165, 1.54) is 64.5 Å². The second-order valence-electron chi connectivity index (χ2n) is 11.4. The minimum absolute atomic E-state index is 0. The molecule has 2 saturated carbocycles. The third-order valence-corrected chi connectivity index (χ3v) is 8.28. The van der Waals surface area contributed by atoms with Gasteiger partial charge in [-0.3, -0.25) is 0 Å². The van der Waals surface area contributed by atoms with E-state index in [-0.39, 0.29) is 30.9 Å². The van der Waals surface area contributed by atoms with Gasteiger partial charge in [-0.15, -0.1) is 24.8 Å². The Morgan fingerprint density at radius 2 is 1.78 bits per heavy atom. The number of likely N-dealkylation sites (tertiary alicyclic amines) is 1. The molecule has 8 heteroatoms. The molecule has 2 atom stereocenters. The van der Waals surface area contributed by atoms with E-state index in [4.69, 9.17) is 9.26 Å². The number of aliphatic hydroxyl groups excluding tert-OH is 1. The first-order valence-corrected chi connectivity index (χ1v) is 13.6. The Hall–Kier alpha value is -1.05. The molecule has 2 aromatic rings. The molecular weight excluding hydrogens is 497 g/mol. The Morgan fingerprint density at radius 3 is 2.47 bits per heavy atom. The van der Waals surface area contributed by atoms with E-state index >= 15 is 0 Å². The van der Waals surface area contributed by atoms with Gasteiger partial charge in [0, 0.05) is 18.5 Å². The number of aryl methyl sites for hydroxylation is 1. The molecule has 1 aromatic heterocycles. The molecule has 3 fully saturated rings. The van der Waals surface area contributed by atoms with Gasteiger partial charge in [-0.1, -0.05) is 18.0 Å². The fourth-order valence-corrected chi connectivity index (χ4v) is 5.90. The highest BCUT2D eigenvalue weighted by Crippen LogP contribution is 2.35. The van der Waals surface area contributed by atoms with Crippen LogP contribution in [0.1, 0.15) is 69.0 Å². The van der Waals surface area contributed by atoms with E-state index in [0.29, 0.717) is 5.92 Å². The molecule has 5 rings (SSSR count). The third-order valence-electron chi connectivity index (χ3n) is 8.28. The van der Waals surface area contributed by atoms with Crippen molar-refractivity contribution in [3.05, 3.63) is 23.4 Å². The van der Waals surface area contributed by atoms with E-state index in [1.807, 2.05) is 0 Å². The summed E-state index contributed by atoms with van der Waals surface area (Å²) in [7, 11) is 4.17. The van der Waals surface area contributed by atoms with E-state index in [1.54, 1.807) is 0 Å². The maximum absolute atomic E-state index is 10.3. The van der Waals surface area contributed by atoms with Gasteiger partial charge in [0.15, 0.2) is 5.58 Å². The number of aromatic nitrogens is 1. The normalized spacial score (nSPS) is 23.4. The summed E-state index contributed by atoms with van der Waals surface area (Å²) in [5.41, 5.74) is 3.12. The van der Waals surface area contributed by atoms with Gasteiger partial charge in [-0.2, -0.15) is 0 Å². The van der Waals surface area contributed by atoms with E-state index in [9.17, 15) is 5.11 Å². The van der Waals surface area contributed by atoms with E-state index in [0.717, 1.165) is 72.3 Å². The van der Waals surface area contributed by atoms with Gasteiger partial charge in [-0.25, -0.2) is 0 Å². The summed E-state index contributed by atoms with van der Waals surface area (Å²) in [6.07, 6.45) is 11.8. The van der Waals surface area contributed by atoms with Crippen LogP contribution in [0.4, 0.5) is 0 Å². The molecule has 2 heterocycles.